The van der Waals surface area contributed by atoms with Gasteiger partial charge in [-0.05, 0) is 49.2 Å². The Labute approximate surface area is 199 Å². The van der Waals surface area contributed by atoms with Crippen LogP contribution in [0.5, 0.6) is 5.75 Å². The van der Waals surface area contributed by atoms with E-state index in [0.717, 1.165) is 37.7 Å². The van der Waals surface area contributed by atoms with Gasteiger partial charge in [-0.3, -0.25) is 4.79 Å². The van der Waals surface area contributed by atoms with Crippen LogP contribution in [0.15, 0.2) is 57.9 Å². The Kier molecular flexibility index (Phi) is 7.28. The van der Waals surface area contributed by atoms with Gasteiger partial charge in [0.15, 0.2) is 6.61 Å². The zero-order chi connectivity index (χ0) is 24.1. The highest BCUT2D eigenvalue weighted by molar-refractivity contribution is 7.89. The highest BCUT2D eigenvalue weighted by Gasteiger charge is 2.31. The molecule has 1 amide bonds. The number of anilines is 1. The Morgan fingerprint density at radius 2 is 1.82 bits per heavy atom. The summed E-state index contributed by atoms with van der Waals surface area (Å²) in [5, 5.41) is 6.55. The molecular weight excluding hydrogens is 456 g/mol. The second-order valence-electron chi connectivity index (χ2n) is 8.31. The van der Waals surface area contributed by atoms with Gasteiger partial charge in [-0.2, -0.15) is 9.29 Å². The summed E-state index contributed by atoms with van der Waals surface area (Å²) in [6, 6.07) is 13.4. The third-order valence-corrected chi connectivity index (χ3v) is 7.89. The number of hydrogen-bond acceptors (Lipinski definition) is 7. The monoisotopic (exact) mass is 484 g/mol. The number of nitrogens with one attached hydrogen (secondary N) is 1. The van der Waals surface area contributed by atoms with Crippen molar-refractivity contribution in [3.63, 3.8) is 0 Å². The molecule has 1 aliphatic carbocycles. The Bertz CT molecular complexity index is 1230. The number of ether oxygens (including phenoxy) is 1. The van der Waals surface area contributed by atoms with Crippen molar-refractivity contribution in [3.8, 4) is 17.1 Å². The van der Waals surface area contributed by atoms with Gasteiger partial charge in [-0.15, -0.1) is 0 Å². The summed E-state index contributed by atoms with van der Waals surface area (Å²) in [5.74, 6) is 0.968. The van der Waals surface area contributed by atoms with E-state index in [-0.39, 0.29) is 23.2 Å². The minimum Gasteiger partial charge on any atom is -0.484 e. The van der Waals surface area contributed by atoms with E-state index in [9.17, 15) is 13.2 Å². The predicted octanol–water partition coefficient (Wildman–Crippen LogP) is 4.02. The van der Waals surface area contributed by atoms with Gasteiger partial charge >= 0.3 is 0 Å². The number of carbonyl (C=O) groups is 1. The van der Waals surface area contributed by atoms with Crippen LogP contribution in [0.1, 0.15) is 38.0 Å². The summed E-state index contributed by atoms with van der Waals surface area (Å²) in [5.41, 5.74) is 0.997. The first-order valence-electron chi connectivity index (χ1n) is 11.2. The van der Waals surface area contributed by atoms with Crippen LogP contribution in [0.4, 0.5) is 5.69 Å². The van der Waals surface area contributed by atoms with Crippen LogP contribution < -0.4 is 10.1 Å². The number of nitrogens with zero attached hydrogens (tertiary/aromatic N) is 3. The van der Waals surface area contributed by atoms with E-state index in [0.29, 0.717) is 17.5 Å². The van der Waals surface area contributed by atoms with Crippen LogP contribution in [0.2, 0.25) is 0 Å². The molecule has 1 aromatic heterocycles. The van der Waals surface area contributed by atoms with Gasteiger partial charge in [0.05, 0.1) is 5.69 Å². The summed E-state index contributed by atoms with van der Waals surface area (Å²) in [7, 11) is -2.14. The lowest BCUT2D eigenvalue weighted by molar-refractivity contribution is -0.118. The number of benzene rings is 2. The number of aromatic nitrogens is 2. The second-order valence-corrected chi connectivity index (χ2v) is 10.3. The number of carbonyl (C=O) groups excluding carboxylic acids is 1. The van der Waals surface area contributed by atoms with Gasteiger partial charge in [-0.1, -0.05) is 36.6 Å². The van der Waals surface area contributed by atoms with Gasteiger partial charge in [0.25, 0.3) is 5.91 Å². The molecule has 0 unspecified atom stereocenters. The van der Waals surface area contributed by atoms with Crippen LogP contribution in [0.25, 0.3) is 11.4 Å². The number of sulfonamides is 1. The molecule has 1 N–H and O–H groups in total. The van der Waals surface area contributed by atoms with Crippen molar-refractivity contribution in [1.82, 2.24) is 14.4 Å². The zero-order valence-electron chi connectivity index (χ0n) is 19.2. The van der Waals surface area contributed by atoms with Crippen LogP contribution in [0, 0.1) is 6.92 Å². The molecule has 2 aromatic carbocycles. The molecule has 0 radical (unpaired) electrons. The summed E-state index contributed by atoms with van der Waals surface area (Å²) >= 11 is 0. The van der Waals surface area contributed by atoms with Gasteiger partial charge in [0.1, 0.15) is 10.6 Å². The first-order valence-corrected chi connectivity index (χ1v) is 12.7. The molecule has 1 fully saturated rings. The molecule has 3 aromatic rings. The highest BCUT2D eigenvalue weighted by atomic mass is 32.2. The summed E-state index contributed by atoms with van der Waals surface area (Å²) in [6.45, 7) is 1.44. The molecule has 1 heterocycles. The number of amides is 1. The Morgan fingerprint density at radius 1 is 1.12 bits per heavy atom. The van der Waals surface area contributed by atoms with Crippen molar-refractivity contribution in [2.75, 3.05) is 19.0 Å². The highest BCUT2D eigenvalue weighted by Crippen LogP contribution is 2.30. The lowest BCUT2D eigenvalue weighted by Gasteiger charge is -2.30. The van der Waals surface area contributed by atoms with Gasteiger partial charge in [0.2, 0.25) is 21.7 Å². The molecule has 10 heteroatoms. The molecule has 180 valence electrons. The molecular formula is C24H28N4O5S. The van der Waals surface area contributed by atoms with E-state index < -0.39 is 15.9 Å². The smallest absolute Gasteiger partial charge is 0.262 e. The molecule has 0 aliphatic heterocycles. The van der Waals surface area contributed by atoms with Crippen LogP contribution in [-0.4, -0.2) is 48.5 Å². The van der Waals surface area contributed by atoms with Crippen LogP contribution >= 0.6 is 0 Å². The van der Waals surface area contributed by atoms with Gasteiger partial charge in [0, 0.05) is 25.6 Å². The van der Waals surface area contributed by atoms with Gasteiger partial charge < -0.3 is 14.6 Å². The largest absolute Gasteiger partial charge is 0.484 e. The van der Waals surface area contributed by atoms with Crippen molar-refractivity contribution in [3.05, 3.63) is 54.4 Å². The summed E-state index contributed by atoms with van der Waals surface area (Å²) in [6.07, 6.45) is 4.88. The van der Waals surface area contributed by atoms with E-state index in [4.69, 9.17) is 9.26 Å². The lowest BCUT2D eigenvalue weighted by atomic mass is 9.96. The third-order valence-electron chi connectivity index (χ3n) is 5.92. The number of hydrogen-bond donors (Lipinski definition) is 1. The van der Waals surface area contributed by atoms with Crippen LogP contribution in [-0.2, 0) is 14.8 Å². The van der Waals surface area contributed by atoms with Crippen molar-refractivity contribution in [2.24, 2.45) is 0 Å². The molecule has 0 spiro atoms. The lowest BCUT2D eigenvalue weighted by Crippen LogP contribution is -2.38. The van der Waals surface area contributed by atoms with Crippen molar-refractivity contribution < 1.29 is 22.5 Å². The summed E-state index contributed by atoms with van der Waals surface area (Å²) < 4.78 is 38.6. The topological polar surface area (TPSA) is 115 Å². The fourth-order valence-electron chi connectivity index (χ4n) is 4.04. The number of para-hydroxylation sites is 1. The van der Waals surface area contributed by atoms with Crippen molar-refractivity contribution >= 4 is 21.6 Å². The average Bonchev–Trinajstić information content (AvgIpc) is 3.29. The number of aryl methyl sites for hydroxylation is 1. The maximum Gasteiger partial charge on any atom is 0.262 e. The quantitative estimate of drug-likeness (QED) is 0.514. The fourth-order valence-corrected chi connectivity index (χ4v) is 5.60. The Balaban J connectivity index is 1.40. The minimum absolute atomic E-state index is 0.0230. The molecule has 1 aliphatic rings. The van der Waals surface area contributed by atoms with E-state index >= 15 is 0 Å². The minimum atomic E-state index is -3.75. The first-order chi connectivity index (χ1) is 16.3. The maximum absolute atomic E-state index is 13.3. The average molecular weight is 485 g/mol. The Morgan fingerprint density at radius 3 is 2.50 bits per heavy atom. The number of rotatable bonds is 8. The van der Waals surface area contributed by atoms with Crippen LogP contribution in [0.3, 0.4) is 0 Å². The second kappa shape index (κ2) is 10.4. The first kappa shape index (κ1) is 23.9. The molecule has 0 atom stereocenters. The molecule has 1 saturated carbocycles. The van der Waals surface area contributed by atoms with E-state index in [1.54, 1.807) is 56.4 Å². The normalized spacial score (nSPS) is 14.8. The molecule has 34 heavy (non-hydrogen) atoms. The van der Waals surface area contributed by atoms with Gasteiger partial charge in [-0.25, -0.2) is 8.42 Å². The molecule has 4 rings (SSSR count). The van der Waals surface area contributed by atoms with E-state index in [1.165, 1.54) is 10.4 Å². The fraction of sp³-hybridized carbons (Fsp3) is 0.375. The van der Waals surface area contributed by atoms with E-state index in [1.807, 2.05) is 0 Å². The van der Waals surface area contributed by atoms with Crippen molar-refractivity contribution in [2.45, 2.75) is 50.0 Å². The molecule has 9 nitrogen and oxygen atoms in total. The SMILES string of the molecule is Cc1nc(-c2ccc(OCC(=O)Nc3ccccc3S(=O)(=O)N(C)C3CCCCC3)cc2)no1. The Hall–Kier alpha value is -3.24. The summed E-state index contributed by atoms with van der Waals surface area (Å²) in [4.78, 5) is 16.8. The molecule has 0 bridgehead atoms. The zero-order valence-corrected chi connectivity index (χ0v) is 20.0. The van der Waals surface area contributed by atoms with Crippen molar-refractivity contribution in [1.29, 1.82) is 0 Å². The predicted molar refractivity (Wildman–Crippen MR) is 127 cm³/mol. The van der Waals surface area contributed by atoms with E-state index in [2.05, 4.69) is 15.5 Å². The standard InChI is InChI=1S/C24H28N4O5S/c1-17-25-24(27-33-17)18-12-14-20(15-13-18)32-16-23(29)26-21-10-6-7-11-22(21)34(30,31)28(2)19-8-4-3-5-9-19/h6-7,10-15,19H,3-5,8-9,16H2,1-2H3,(H,26,29). The maximum atomic E-state index is 13.3. The third kappa shape index (κ3) is 5.45. The molecule has 0 saturated heterocycles.